The minimum atomic E-state index is -0.524. The Morgan fingerprint density at radius 1 is 1.24 bits per heavy atom. The molecule has 1 N–H and O–H groups in total. The molecule has 2 fully saturated rings. The van der Waals surface area contributed by atoms with Crippen molar-refractivity contribution in [1.29, 1.82) is 0 Å². The molecule has 1 saturated heterocycles. The van der Waals surface area contributed by atoms with Crippen LogP contribution in [-0.2, 0) is 14.3 Å². The first-order chi connectivity index (χ1) is 10.2. The highest BCUT2D eigenvalue weighted by Crippen LogP contribution is 2.30. The molecule has 0 amide bonds. The van der Waals surface area contributed by atoms with Crippen LogP contribution in [0.1, 0.15) is 71.6 Å². The van der Waals surface area contributed by atoms with Gasteiger partial charge in [0.15, 0.2) is 0 Å². The second-order valence-electron chi connectivity index (χ2n) is 6.49. The van der Waals surface area contributed by atoms with Crippen LogP contribution in [0.2, 0.25) is 0 Å². The molecule has 0 bridgehead atoms. The third kappa shape index (κ3) is 4.43. The fourth-order valence-electron chi connectivity index (χ4n) is 3.67. The Hall–Kier alpha value is -0.610. The summed E-state index contributed by atoms with van der Waals surface area (Å²) in [6.07, 6.45) is 10.1. The highest BCUT2D eigenvalue weighted by atomic mass is 16.5. The van der Waals surface area contributed by atoms with Crippen LogP contribution in [0.5, 0.6) is 0 Å². The molecule has 2 atom stereocenters. The molecule has 4 nitrogen and oxygen atoms in total. The number of hydrogen-bond donors (Lipinski definition) is 1. The fraction of sp³-hybridized carbons (Fsp3) is 0.941. The topological polar surface area (TPSA) is 47.6 Å². The van der Waals surface area contributed by atoms with Crippen LogP contribution in [0.15, 0.2) is 0 Å². The second-order valence-corrected chi connectivity index (χ2v) is 6.49. The summed E-state index contributed by atoms with van der Waals surface area (Å²) in [4.78, 5) is 12.6. The number of carbonyl (C=O) groups is 1. The molecule has 2 rings (SSSR count). The van der Waals surface area contributed by atoms with Crippen LogP contribution < -0.4 is 5.32 Å². The highest BCUT2D eigenvalue weighted by molar-refractivity contribution is 5.81. The summed E-state index contributed by atoms with van der Waals surface area (Å²) in [5.41, 5.74) is -0.524. The van der Waals surface area contributed by atoms with Gasteiger partial charge in [0.2, 0.25) is 0 Å². The van der Waals surface area contributed by atoms with E-state index in [1.807, 2.05) is 6.92 Å². The molecule has 21 heavy (non-hydrogen) atoms. The Bertz CT molecular complexity index is 326. The number of nitrogens with one attached hydrogen (secondary N) is 1. The van der Waals surface area contributed by atoms with Gasteiger partial charge in [0.25, 0.3) is 0 Å². The van der Waals surface area contributed by atoms with Crippen molar-refractivity contribution >= 4 is 5.97 Å². The van der Waals surface area contributed by atoms with Crippen LogP contribution in [0.25, 0.3) is 0 Å². The predicted octanol–water partition coefficient (Wildman–Crippen LogP) is 3.19. The van der Waals surface area contributed by atoms with E-state index >= 15 is 0 Å². The van der Waals surface area contributed by atoms with E-state index in [2.05, 4.69) is 12.2 Å². The summed E-state index contributed by atoms with van der Waals surface area (Å²) in [6.45, 7) is 5.10. The van der Waals surface area contributed by atoms with Gasteiger partial charge in [-0.15, -0.1) is 0 Å². The summed E-state index contributed by atoms with van der Waals surface area (Å²) in [5, 5.41) is 3.71. The number of rotatable bonds is 5. The van der Waals surface area contributed by atoms with Crippen molar-refractivity contribution in [2.75, 3.05) is 13.2 Å². The van der Waals surface area contributed by atoms with Crippen LogP contribution in [-0.4, -0.2) is 36.9 Å². The van der Waals surface area contributed by atoms with Crippen molar-refractivity contribution in [3.05, 3.63) is 0 Å². The maximum Gasteiger partial charge on any atom is 0.326 e. The van der Waals surface area contributed by atoms with Gasteiger partial charge in [-0.05, 0) is 32.6 Å². The Morgan fingerprint density at radius 2 is 1.95 bits per heavy atom. The van der Waals surface area contributed by atoms with Crippen LogP contribution in [0, 0.1) is 0 Å². The summed E-state index contributed by atoms with van der Waals surface area (Å²) >= 11 is 0. The van der Waals surface area contributed by atoms with Gasteiger partial charge in [-0.1, -0.05) is 32.6 Å². The molecular weight excluding hydrogens is 266 g/mol. The molecule has 0 radical (unpaired) electrons. The van der Waals surface area contributed by atoms with Crippen LogP contribution in [0.4, 0.5) is 0 Å². The lowest BCUT2D eigenvalue weighted by Gasteiger charge is -2.41. The zero-order valence-electron chi connectivity index (χ0n) is 13.7. The minimum absolute atomic E-state index is 0.0732. The molecule has 2 unspecified atom stereocenters. The number of ether oxygens (including phenoxy) is 2. The Balaban J connectivity index is 2.08. The lowest BCUT2D eigenvalue weighted by molar-refractivity contribution is -0.159. The van der Waals surface area contributed by atoms with Crippen molar-refractivity contribution < 1.29 is 14.3 Å². The molecular formula is C17H31NO3. The monoisotopic (exact) mass is 297 g/mol. The molecule has 1 aliphatic heterocycles. The first-order valence-electron chi connectivity index (χ1n) is 8.76. The average Bonchev–Trinajstić information content (AvgIpc) is 2.76. The standard InChI is InChI=1S/C17H31NO3/c1-3-15-13-17(11-12-21-15,16(19)20-4-2)18-14-9-7-5-6-8-10-14/h14-15,18H,3-13H2,1-2H3. The Morgan fingerprint density at radius 3 is 2.57 bits per heavy atom. The van der Waals surface area contributed by atoms with E-state index in [9.17, 15) is 4.79 Å². The second kappa shape index (κ2) is 8.14. The largest absolute Gasteiger partial charge is 0.465 e. The van der Waals surface area contributed by atoms with E-state index in [0.717, 1.165) is 19.3 Å². The van der Waals surface area contributed by atoms with E-state index in [4.69, 9.17) is 9.47 Å². The molecule has 0 aromatic rings. The fourth-order valence-corrected chi connectivity index (χ4v) is 3.67. The van der Waals surface area contributed by atoms with E-state index in [0.29, 0.717) is 19.3 Å². The van der Waals surface area contributed by atoms with E-state index < -0.39 is 5.54 Å². The first kappa shape index (κ1) is 16.8. The highest BCUT2D eigenvalue weighted by Gasteiger charge is 2.45. The van der Waals surface area contributed by atoms with Crippen LogP contribution >= 0.6 is 0 Å². The van der Waals surface area contributed by atoms with E-state index in [1.165, 1.54) is 38.5 Å². The third-order valence-electron chi connectivity index (χ3n) is 4.92. The van der Waals surface area contributed by atoms with Gasteiger partial charge in [-0.2, -0.15) is 0 Å². The molecule has 0 spiro atoms. The molecule has 122 valence electrons. The lowest BCUT2D eigenvalue weighted by Crippen LogP contribution is -2.60. The molecule has 1 saturated carbocycles. The van der Waals surface area contributed by atoms with Crippen LogP contribution in [0.3, 0.4) is 0 Å². The van der Waals surface area contributed by atoms with Crippen molar-refractivity contribution in [1.82, 2.24) is 5.32 Å². The van der Waals surface area contributed by atoms with Gasteiger partial charge in [0.1, 0.15) is 5.54 Å². The maximum atomic E-state index is 12.6. The molecule has 1 aliphatic carbocycles. The van der Waals surface area contributed by atoms with E-state index in [-0.39, 0.29) is 12.1 Å². The Kier molecular flexibility index (Phi) is 6.49. The normalized spacial score (nSPS) is 31.6. The third-order valence-corrected chi connectivity index (χ3v) is 4.92. The molecule has 0 aromatic carbocycles. The summed E-state index contributed by atoms with van der Waals surface area (Å²) in [7, 11) is 0. The smallest absolute Gasteiger partial charge is 0.326 e. The van der Waals surface area contributed by atoms with Gasteiger partial charge in [-0.3, -0.25) is 10.1 Å². The number of esters is 1. The van der Waals surface area contributed by atoms with E-state index in [1.54, 1.807) is 0 Å². The lowest BCUT2D eigenvalue weighted by atomic mass is 9.84. The van der Waals surface area contributed by atoms with Gasteiger partial charge >= 0.3 is 5.97 Å². The molecule has 1 heterocycles. The summed E-state index contributed by atoms with van der Waals surface area (Å²) < 4.78 is 11.2. The van der Waals surface area contributed by atoms with Gasteiger partial charge in [-0.25, -0.2) is 0 Å². The summed E-state index contributed by atoms with van der Waals surface area (Å²) in [5.74, 6) is -0.0732. The van der Waals surface area contributed by atoms with Crippen molar-refractivity contribution in [3.63, 3.8) is 0 Å². The zero-order valence-corrected chi connectivity index (χ0v) is 13.7. The SMILES string of the molecule is CCOC(=O)C1(NC2CCCCCC2)CCOC(CC)C1. The average molecular weight is 297 g/mol. The van der Waals surface area contributed by atoms with Gasteiger partial charge in [0.05, 0.1) is 12.7 Å². The van der Waals surface area contributed by atoms with Crippen molar-refractivity contribution in [2.45, 2.75) is 89.3 Å². The number of hydrogen-bond acceptors (Lipinski definition) is 4. The van der Waals surface area contributed by atoms with Crippen molar-refractivity contribution in [2.24, 2.45) is 0 Å². The number of carbonyl (C=O) groups excluding carboxylic acids is 1. The first-order valence-corrected chi connectivity index (χ1v) is 8.76. The molecule has 0 aromatic heterocycles. The quantitative estimate of drug-likeness (QED) is 0.625. The molecule has 2 aliphatic rings. The zero-order chi connectivity index (χ0) is 15.1. The minimum Gasteiger partial charge on any atom is -0.465 e. The van der Waals surface area contributed by atoms with Gasteiger partial charge < -0.3 is 9.47 Å². The van der Waals surface area contributed by atoms with Crippen molar-refractivity contribution in [3.8, 4) is 0 Å². The summed E-state index contributed by atoms with van der Waals surface area (Å²) in [6, 6.07) is 0.451. The molecule has 4 heteroatoms. The maximum absolute atomic E-state index is 12.6. The Labute approximate surface area is 129 Å². The predicted molar refractivity (Wildman–Crippen MR) is 83.3 cm³/mol. The van der Waals surface area contributed by atoms with Gasteiger partial charge in [0, 0.05) is 19.1 Å².